The van der Waals surface area contributed by atoms with Crippen LogP contribution < -0.4 is 0 Å². The molecule has 27 heavy (non-hydrogen) atoms. The Balaban J connectivity index is 1.43. The van der Waals surface area contributed by atoms with Crippen LogP contribution in [0.1, 0.15) is 96.0 Å². The van der Waals surface area contributed by atoms with Crippen molar-refractivity contribution < 1.29 is 4.79 Å². The van der Waals surface area contributed by atoms with E-state index >= 15 is 0 Å². The zero-order valence-corrected chi connectivity index (χ0v) is 17.4. The van der Waals surface area contributed by atoms with Crippen LogP contribution in [0.4, 0.5) is 0 Å². The molecule has 2 saturated heterocycles. The first-order chi connectivity index (χ1) is 13.3. The molecule has 2 aliphatic rings. The zero-order valence-electron chi connectivity index (χ0n) is 17.4. The summed E-state index contributed by atoms with van der Waals surface area (Å²) in [5.41, 5.74) is 1.42. The van der Waals surface area contributed by atoms with E-state index < -0.39 is 0 Å². The van der Waals surface area contributed by atoms with Crippen LogP contribution in [0.15, 0.2) is 30.3 Å². The van der Waals surface area contributed by atoms with Crippen molar-refractivity contribution in [2.45, 2.75) is 109 Å². The van der Waals surface area contributed by atoms with E-state index in [4.69, 9.17) is 0 Å². The number of benzene rings is 1. The Morgan fingerprint density at radius 3 is 2.22 bits per heavy atom. The van der Waals surface area contributed by atoms with E-state index in [1.54, 1.807) is 0 Å². The molecule has 0 aliphatic carbocycles. The van der Waals surface area contributed by atoms with Crippen LogP contribution in [-0.2, 0) is 11.3 Å². The fraction of sp³-hybridized carbons (Fsp3) is 0.720. The average molecular weight is 370 g/mol. The molecule has 0 spiro atoms. The number of unbranched alkanes of at least 4 members (excludes halogenated alkanes) is 6. The molecule has 2 aliphatic heterocycles. The minimum Gasteiger partial charge on any atom is -0.299 e. The van der Waals surface area contributed by atoms with Crippen molar-refractivity contribution >= 4 is 5.78 Å². The summed E-state index contributed by atoms with van der Waals surface area (Å²) in [4.78, 5) is 15.5. The predicted octanol–water partition coefficient (Wildman–Crippen LogP) is 6.53. The van der Waals surface area contributed by atoms with Crippen LogP contribution in [0, 0.1) is 5.92 Å². The van der Waals surface area contributed by atoms with Gasteiger partial charge in [-0.15, -0.1) is 0 Å². The number of carbonyl (C=O) groups is 1. The second-order valence-electron chi connectivity index (χ2n) is 8.90. The van der Waals surface area contributed by atoms with Crippen molar-refractivity contribution in [2.75, 3.05) is 0 Å². The van der Waals surface area contributed by atoms with Crippen molar-refractivity contribution in [3.8, 4) is 0 Å². The molecule has 1 aromatic carbocycles. The second kappa shape index (κ2) is 11.0. The predicted molar refractivity (Wildman–Crippen MR) is 114 cm³/mol. The largest absolute Gasteiger partial charge is 0.299 e. The van der Waals surface area contributed by atoms with Crippen LogP contribution in [0.2, 0.25) is 0 Å². The third-order valence-electron chi connectivity index (χ3n) is 6.82. The highest BCUT2D eigenvalue weighted by Gasteiger charge is 2.40. The number of ketones is 1. The van der Waals surface area contributed by atoms with Gasteiger partial charge in [0.05, 0.1) is 0 Å². The van der Waals surface area contributed by atoms with Crippen LogP contribution in [-0.4, -0.2) is 22.8 Å². The lowest BCUT2D eigenvalue weighted by Crippen LogP contribution is -2.52. The molecule has 0 saturated carbocycles. The number of carbonyl (C=O) groups excluding carboxylic acids is 1. The van der Waals surface area contributed by atoms with Gasteiger partial charge in [-0.3, -0.25) is 9.69 Å². The number of hydrogen-bond acceptors (Lipinski definition) is 2. The first-order valence-corrected chi connectivity index (χ1v) is 11.6. The summed E-state index contributed by atoms with van der Waals surface area (Å²) in [5, 5.41) is 0. The van der Waals surface area contributed by atoms with Gasteiger partial charge in [0, 0.05) is 31.0 Å². The first-order valence-electron chi connectivity index (χ1n) is 11.6. The maximum Gasteiger partial charge on any atom is 0.136 e. The van der Waals surface area contributed by atoms with Crippen molar-refractivity contribution in [3.63, 3.8) is 0 Å². The van der Waals surface area contributed by atoms with E-state index in [0.717, 1.165) is 32.2 Å². The molecule has 150 valence electrons. The average Bonchev–Trinajstić information content (AvgIpc) is 2.67. The summed E-state index contributed by atoms with van der Waals surface area (Å²) >= 11 is 0. The second-order valence-corrected chi connectivity index (χ2v) is 8.90. The number of fused-ring (bicyclic) bond motifs is 2. The Morgan fingerprint density at radius 2 is 1.56 bits per heavy atom. The minimum atomic E-state index is 0.340. The van der Waals surface area contributed by atoms with Crippen molar-refractivity contribution in [3.05, 3.63) is 35.9 Å². The third-order valence-corrected chi connectivity index (χ3v) is 6.82. The summed E-state index contributed by atoms with van der Waals surface area (Å²) < 4.78 is 0. The maximum atomic E-state index is 12.8. The van der Waals surface area contributed by atoms with Crippen molar-refractivity contribution in [1.82, 2.24) is 4.90 Å². The number of Topliss-reactive ketones (excluding diaryl/α,β-unsaturated/α-hetero) is 1. The molecule has 3 rings (SSSR count). The molecular weight excluding hydrogens is 330 g/mol. The molecule has 2 nitrogen and oxygen atoms in total. The normalized spacial score (nSPS) is 25.4. The smallest absolute Gasteiger partial charge is 0.136 e. The van der Waals surface area contributed by atoms with Gasteiger partial charge in [-0.2, -0.15) is 0 Å². The van der Waals surface area contributed by atoms with Gasteiger partial charge in [0.15, 0.2) is 0 Å². The molecule has 0 aromatic heterocycles. The SMILES string of the molecule is CCCCCCCCCC(=O)C1CC2CCCC(C1)N2Cc1ccccc1. The fourth-order valence-electron chi connectivity index (χ4n) is 5.25. The topological polar surface area (TPSA) is 20.3 Å². The van der Waals surface area contributed by atoms with Gasteiger partial charge in [-0.05, 0) is 37.7 Å². The summed E-state index contributed by atoms with van der Waals surface area (Å²) in [7, 11) is 0. The molecule has 2 bridgehead atoms. The number of nitrogens with zero attached hydrogens (tertiary/aromatic N) is 1. The molecule has 2 atom stereocenters. The molecule has 2 unspecified atom stereocenters. The molecule has 0 amide bonds. The van der Waals surface area contributed by atoms with Gasteiger partial charge in [0.25, 0.3) is 0 Å². The Labute approximate surface area is 166 Å². The van der Waals surface area contributed by atoms with Gasteiger partial charge in [0.1, 0.15) is 5.78 Å². The fourth-order valence-corrected chi connectivity index (χ4v) is 5.25. The summed E-state index contributed by atoms with van der Waals surface area (Å²) in [6.07, 6.45) is 16.0. The number of hydrogen-bond donors (Lipinski definition) is 0. The van der Waals surface area contributed by atoms with Gasteiger partial charge < -0.3 is 0 Å². The Kier molecular flexibility index (Phi) is 8.38. The van der Waals surface area contributed by atoms with Gasteiger partial charge in [-0.1, -0.05) is 82.2 Å². The van der Waals surface area contributed by atoms with Gasteiger partial charge in [-0.25, -0.2) is 0 Å². The lowest BCUT2D eigenvalue weighted by atomic mass is 9.76. The third kappa shape index (κ3) is 6.17. The Hall–Kier alpha value is -1.15. The zero-order chi connectivity index (χ0) is 18.9. The summed E-state index contributed by atoms with van der Waals surface area (Å²) in [6, 6.07) is 12.1. The highest BCUT2D eigenvalue weighted by Crippen LogP contribution is 2.38. The van der Waals surface area contributed by atoms with E-state index in [1.165, 1.54) is 63.4 Å². The number of piperidine rings is 2. The van der Waals surface area contributed by atoms with Crippen LogP contribution in [0.5, 0.6) is 0 Å². The highest BCUT2D eigenvalue weighted by molar-refractivity contribution is 5.81. The van der Waals surface area contributed by atoms with Crippen molar-refractivity contribution in [2.24, 2.45) is 5.92 Å². The van der Waals surface area contributed by atoms with Crippen LogP contribution >= 0.6 is 0 Å². The highest BCUT2D eigenvalue weighted by atomic mass is 16.1. The number of rotatable bonds is 11. The standard InChI is InChI=1S/C25H39NO/c1-2-3-4-5-6-7-11-17-25(27)22-18-23-15-12-16-24(19-22)26(23)20-21-13-9-8-10-14-21/h8-10,13-14,22-24H,2-7,11-12,15-20H2,1H3. The molecule has 0 N–H and O–H groups in total. The maximum absolute atomic E-state index is 12.8. The first kappa shape index (κ1) is 20.6. The molecule has 0 radical (unpaired) electrons. The Morgan fingerprint density at radius 1 is 0.926 bits per heavy atom. The van der Waals surface area contributed by atoms with E-state index in [-0.39, 0.29) is 0 Å². The van der Waals surface area contributed by atoms with Crippen LogP contribution in [0.25, 0.3) is 0 Å². The molecule has 1 aromatic rings. The molecular formula is C25H39NO. The molecule has 2 heteroatoms. The molecule has 2 heterocycles. The lowest BCUT2D eigenvalue weighted by molar-refractivity contribution is -0.127. The Bertz CT molecular complexity index is 541. The van der Waals surface area contributed by atoms with E-state index in [0.29, 0.717) is 23.8 Å². The summed E-state index contributed by atoms with van der Waals surface area (Å²) in [5.74, 6) is 0.909. The van der Waals surface area contributed by atoms with Crippen LogP contribution in [0.3, 0.4) is 0 Å². The molecule has 2 fully saturated rings. The quantitative estimate of drug-likeness (QED) is 0.413. The van der Waals surface area contributed by atoms with E-state index in [9.17, 15) is 4.79 Å². The minimum absolute atomic E-state index is 0.340. The summed E-state index contributed by atoms with van der Waals surface area (Å²) in [6.45, 7) is 3.33. The van der Waals surface area contributed by atoms with E-state index in [2.05, 4.69) is 42.2 Å². The van der Waals surface area contributed by atoms with E-state index in [1.807, 2.05) is 0 Å². The monoisotopic (exact) mass is 369 g/mol. The lowest BCUT2D eigenvalue weighted by Gasteiger charge is -2.48. The van der Waals surface area contributed by atoms with Crippen molar-refractivity contribution in [1.29, 1.82) is 0 Å². The van der Waals surface area contributed by atoms with Gasteiger partial charge >= 0.3 is 0 Å². The van der Waals surface area contributed by atoms with Gasteiger partial charge in [0.2, 0.25) is 0 Å².